The van der Waals surface area contributed by atoms with Crippen molar-refractivity contribution in [3.05, 3.63) is 23.8 Å². The zero-order chi connectivity index (χ0) is 21.3. The molecule has 0 unspecified atom stereocenters. The SMILES string of the molecule is COc1cccc2c1N1C(=O)C[C@@H]3OC[C@H]4O[C@]45CN(C)CC[C@]24C(=O)C[C@]5(O)[C@@H]3[C@H]14. The number of ketones is 1. The Balaban J connectivity index is 1.56. The molecule has 164 valence electrons. The molecule has 1 aromatic rings. The van der Waals surface area contributed by atoms with Crippen LogP contribution in [0.15, 0.2) is 18.2 Å². The molecule has 5 saturated heterocycles. The molecule has 31 heavy (non-hydrogen) atoms. The Morgan fingerprint density at radius 2 is 2.13 bits per heavy atom. The van der Waals surface area contributed by atoms with Gasteiger partial charge in [0.05, 0.1) is 43.4 Å². The third kappa shape index (κ3) is 1.86. The number of likely N-dealkylation sites (N-methyl/N-ethyl adjacent to an activating group) is 1. The van der Waals surface area contributed by atoms with E-state index in [1.807, 2.05) is 25.2 Å². The van der Waals surface area contributed by atoms with Crippen LogP contribution in [0.25, 0.3) is 0 Å². The third-order valence-corrected chi connectivity index (χ3v) is 8.99. The molecule has 6 aliphatic heterocycles. The highest BCUT2D eigenvalue weighted by atomic mass is 16.7. The molecule has 1 aliphatic carbocycles. The lowest BCUT2D eigenvalue weighted by atomic mass is 9.52. The van der Waals surface area contributed by atoms with Crippen molar-refractivity contribution in [1.29, 1.82) is 0 Å². The van der Waals surface area contributed by atoms with E-state index in [0.29, 0.717) is 37.6 Å². The second-order valence-corrected chi connectivity index (χ2v) is 10.1. The molecule has 1 aromatic carbocycles. The molecule has 1 N–H and O–H groups in total. The molecular formula is C23H26N2O6. The largest absolute Gasteiger partial charge is 0.495 e. The smallest absolute Gasteiger partial charge is 0.230 e. The Morgan fingerprint density at radius 3 is 2.94 bits per heavy atom. The van der Waals surface area contributed by atoms with Gasteiger partial charge >= 0.3 is 0 Å². The topological polar surface area (TPSA) is 91.8 Å². The molecule has 7 aliphatic rings. The van der Waals surface area contributed by atoms with Crippen LogP contribution in [0.4, 0.5) is 5.69 Å². The van der Waals surface area contributed by atoms with Gasteiger partial charge in [-0.1, -0.05) is 12.1 Å². The van der Waals surface area contributed by atoms with Crippen LogP contribution in [0.1, 0.15) is 24.8 Å². The van der Waals surface area contributed by atoms with Gasteiger partial charge in [-0.15, -0.1) is 0 Å². The van der Waals surface area contributed by atoms with Gasteiger partial charge in [0, 0.05) is 18.9 Å². The first-order valence-electron chi connectivity index (χ1n) is 11.1. The van der Waals surface area contributed by atoms with Gasteiger partial charge < -0.3 is 29.1 Å². The van der Waals surface area contributed by atoms with Gasteiger partial charge in [0.1, 0.15) is 28.8 Å². The van der Waals surface area contributed by atoms with E-state index in [0.717, 1.165) is 5.56 Å². The van der Waals surface area contributed by atoms with Crippen molar-refractivity contribution >= 4 is 17.4 Å². The third-order valence-electron chi connectivity index (χ3n) is 8.99. The second-order valence-electron chi connectivity index (χ2n) is 10.1. The normalized spacial score (nSPS) is 47.1. The van der Waals surface area contributed by atoms with Crippen molar-refractivity contribution in [2.75, 3.05) is 38.8 Å². The molecule has 8 heteroatoms. The molecule has 2 spiro atoms. The summed E-state index contributed by atoms with van der Waals surface area (Å²) in [4.78, 5) is 31.5. The number of anilines is 1. The van der Waals surface area contributed by atoms with Crippen LogP contribution >= 0.6 is 0 Å². The van der Waals surface area contributed by atoms with E-state index in [9.17, 15) is 14.7 Å². The number of carbonyl (C=O) groups excluding carboxylic acids is 2. The maximum atomic E-state index is 14.1. The number of rotatable bonds is 1. The number of Topliss-reactive ketones (excluding diaryl/α,β-unsaturated/α-hetero) is 1. The van der Waals surface area contributed by atoms with Crippen molar-refractivity contribution in [2.24, 2.45) is 5.92 Å². The Morgan fingerprint density at radius 1 is 1.29 bits per heavy atom. The average Bonchev–Trinajstić information content (AvgIpc) is 3.36. The summed E-state index contributed by atoms with van der Waals surface area (Å²) < 4.78 is 18.0. The van der Waals surface area contributed by atoms with Crippen molar-refractivity contribution < 1.29 is 28.9 Å². The molecule has 6 heterocycles. The molecule has 0 aromatic heterocycles. The van der Waals surface area contributed by atoms with Gasteiger partial charge in [-0.2, -0.15) is 0 Å². The van der Waals surface area contributed by atoms with E-state index < -0.39 is 34.7 Å². The number of nitrogens with zero attached hydrogens (tertiary/aromatic N) is 2. The minimum atomic E-state index is -1.38. The van der Waals surface area contributed by atoms with E-state index >= 15 is 0 Å². The summed E-state index contributed by atoms with van der Waals surface area (Å²) in [7, 11) is 3.60. The number of carbonyl (C=O) groups is 2. The maximum Gasteiger partial charge on any atom is 0.230 e. The number of epoxide rings is 1. The first-order valence-corrected chi connectivity index (χ1v) is 11.1. The summed E-state index contributed by atoms with van der Waals surface area (Å²) in [6, 6.07) is 5.19. The van der Waals surface area contributed by atoms with Gasteiger partial charge in [-0.05, 0) is 31.6 Å². The van der Waals surface area contributed by atoms with Gasteiger partial charge in [-0.3, -0.25) is 9.59 Å². The number of hydrogen-bond donors (Lipinski definition) is 1. The van der Waals surface area contributed by atoms with E-state index in [2.05, 4.69) is 4.90 Å². The van der Waals surface area contributed by atoms with Crippen molar-refractivity contribution in [1.82, 2.24) is 4.90 Å². The van der Waals surface area contributed by atoms with Crippen LogP contribution in [-0.4, -0.2) is 85.0 Å². The van der Waals surface area contributed by atoms with Crippen LogP contribution in [0.2, 0.25) is 0 Å². The number of hydrogen-bond acceptors (Lipinski definition) is 7. The fourth-order valence-electron chi connectivity index (χ4n) is 7.69. The number of aliphatic hydroxyl groups is 1. The van der Waals surface area contributed by atoms with Gasteiger partial charge in [0.25, 0.3) is 0 Å². The Kier molecular flexibility index (Phi) is 3.28. The molecule has 1 saturated carbocycles. The quantitative estimate of drug-likeness (QED) is 0.644. The lowest BCUT2D eigenvalue weighted by molar-refractivity contribution is -0.182. The van der Waals surface area contributed by atoms with Crippen LogP contribution in [0, 0.1) is 5.92 Å². The van der Waals surface area contributed by atoms with Gasteiger partial charge in [0.15, 0.2) is 0 Å². The van der Waals surface area contributed by atoms with E-state index in [1.54, 1.807) is 12.0 Å². The first-order chi connectivity index (χ1) is 14.9. The molecular weight excluding hydrogens is 400 g/mol. The number of para-hydroxylation sites is 1. The molecule has 8 nitrogen and oxygen atoms in total. The minimum absolute atomic E-state index is 0.00692. The van der Waals surface area contributed by atoms with Crippen LogP contribution < -0.4 is 9.64 Å². The van der Waals surface area contributed by atoms with Crippen LogP contribution in [0.5, 0.6) is 5.75 Å². The Bertz CT molecular complexity index is 1040. The van der Waals surface area contributed by atoms with E-state index in [4.69, 9.17) is 14.2 Å². The Labute approximate surface area is 180 Å². The number of ether oxygens (including phenoxy) is 3. The highest BCUT2D eigenvalue weighted by molar-refractivity contribution is 6.08. The fourth-order valence-corrected chi connectivity index (χ4v) is 7.69. The van der Waals surface area contributed by atoms with Crippen molar-refractivity contribution in [3.8, 4) is 5.75 Å². The summed E-state index contributed by atoms with van der Waals surface area (Å²) in [6.45, 7) is 1.57. The molecule has 6 fully saturated rings. The predicted molar refractivity (Wildman–Crippen MR) is 108 cm³/mol. The standard InChI is InChI=1S/C23H26N2O6/c1-24-7-6-21-12-4-3-5-13(29-2)19(12)25-17(27)8-14-18(20(21)25)22(28,9-15(21)26)23(11-24)16(31-23)10-30-14/h3-5,14,16,18,20,28H,6-11H2,1-2H3/t14-,16+,18-,20-,21+,22-,23+/m0/s1. The lowest BCUT2D eigenvalue weighted by Gasteiger charge is -2.57. The zero-order valence-corrected chi connectivity index (χ0v) is 17.7. The molecule has 1 amide bonds. The highest BCUT2D eigenvalue weighted by Crippen LogP contribution is 2.67. The molecule has 7 atom stereocenters. The zero-order valence-electron chi connectivity index (χ0n) is 17.7. The van der Waals surface area contributed by atoms with Gasteiger partial charge in [0.2, 0.25) is 5.91 Å². The summed E-state index contributed by atoms with van der Waals surface area (Å²) in [6.07, 6.45) is 0.104. The molecule has 4 bridgehead atoms. The minimum Gasteiger partial charge on any atom is -0.495 e. The van der Waals surface area contributed by atoms with Crippen LogP contribution in [-0.2, 0) is 24.5 Å². The molecule has 0 radical (unpaired) electrons. The molecule has 8 rings (SSSR count). The second kappa shape index (κ2) is 5.49. The van der Waals surface area contributed by atoms with Crippen molar-refractivity contribution in [2.45, 2.75) is 54.1 Å². The van der Waals surface area contributed by atoms with E-state index in [1.165, 1.54) is 0 Å². The fraction of sp³-hybridized carbons (Fsp3) is 0.652. The number of methoxy groups -OCH3 is 1. The number of amides is 1. The first kappa shape index (κ1) is 18.6. The summed E-state index contributed by atoms with van der Waals surface area (Å²) in [5.41, 5.74) is -1.56. The number of piperidine rings is 1. The lowest BCUT2D eigenvalue weighted by Crippen LogP contribution is -2.74. The van der Waals surface area contributed by atoms with E-state index in [-0.39, 0.29) is 30.6 Å². The van der Waals surface area contributed by atoms with Crippen molar-refractivity contribution in [3.63, 3.8) is 0 Å². The highest BCUT2D eigenvalue weighted by Gasteiger charge is 2.81. The summed E-state index contributed by atoms with van der Waals surface area (Å²) in [5, 5.41) is 12.3. The summed E-state index contributed by atoms with van der Waals surface area (Å²) in [5.74, 6) is 0.102. The Hall–Kier alpha value is -2.00. The number of fused-ring (bicyclic) bond motifs is 6. The predicted octanol–water partition coefficient (Wildman–Crippen LogP) is 0.244. The van der Waals surface area contributed by atoms with Crippen LogP contribution in [0.3, 0.4) is 0 Å². The number of benzene rings is 1. The van der Waals surface area contributed by atoms with Gasteiger partial charge in [-0.25, -0.2) is 0 Å². The monoisotopic (exact) mass is 426 g/mol. The average molecular weight is 426 g/mol. The summed E-state index contributed by atoms with van der Waals surface area (Å²) >= 11 is 0. The maximum absolute atomic E-state index is 14.1.